The zero-order valence-electron chi connectivity index (χ0n) is 18.2. The maximum absolute atomic E-state index is 12.6. The standard InChI is InChI=1S/C22H28N6O2/c1-16(2)10-12-28-22(30)20-19(23-28)11-13-27(24-20)18-8-6-17(7-9-18)21(29)26(5)15-14-25(3)4/h6-11,13H,12,14-15H2,1-5H3. The molecule has 8 heteroatoms. The van der Waals surface area contributed by atoms with E-state index in [2.05, 4.69) is 10.2 Å². The third-order valence-corrected chi connectivity index (χ3v) is 4.77. The molecule has 0 radical (unpaired) electrons. The number of nitrogens with zero attached hydrogens (tertiary/aromatic N) is 6. The molecule has 0 fully saturated rings. The Hall–Kier alpha value is -3.26. The van der Waals surface area contributed by atoms with Gasteiger partial charge in [0.2, 0.25) is 0 Å². The van der Waals surface area contributed by atoms with Gasteiger partial charge in [-0.25, -0.2) is 9.36 Å². The van der Waals surface area contributed by atoms with Gasteiger partial charge in [0.05, 0.1) is 12.2 Å². The highest BCUT2D eigenvalue weighted by Crippen LogP contribution is 2.15. The van der Waals surface area contributed by atoms with Gasteiger partial charge in [-0.2, -0.15) is 10.2 Å². The van der Waals surface area contributed by atoms with E-state index < -0.39 is 0 Å². The fourth-order valence-electron chi connectivity index (χ4n) is 2.91. The van der Waals surface area contributed by atoms with Crippen LogP contribution in [0.3, 0.4) is 0 Å². The molecule has 2 heterocycles. The predicted molar refractivity (Wildman–Crippen MR) is 117 cm³/mol. The van der Waals surface area contributed by atoms with Crippen molar-refractivity contribution in [2.24, 2.45) is 0 Å². The Balaban J connectivity index is 1.82. The molecule has 158 valence electrons. The molecule has 2 aliphatic rings. The van der Waals surface area contributed by atoms with Crippen molar-refractivity contribution in [2.75, 3.05) is 34.2 Å². The Morgan fingerprint density at radius 2 is 1.73 bits per heavy atom. The summed E-state index contributed by atoms with van der Waals surface area (Å²) >= 11 is 0. The lowest BCUT2D eigenvalue weighted by Crippen LogP contribution is -2.33. The lowest BCUT2D eigenvalue weighted by Gasteiger charge is -2.19. The van der Waals surface area contributed by atoms with Crippen molar-refractivity contribution in [3.05, 3.63) is 64.1 Å². The normalized spacial score (nSPS) is 11.1. The van der Waals surface area contributed by atoms with Crippen LogP contribution >= 0.6 is 0 Å². The number of carbonyl (C=O) groups excluding carboxylic acids is 1. The van der Waals surface area contributed by atoms with Crippen LogP contribution in [0.15, 0.2) is 53.0 Å². The largest absolute Gasteiger partial charge is 0.340 e. The number of likely N-dealkylation sites (N-methyl/N-ethyl adjacent to an activating group) is 2. The summed E-state index contributed by atoms with van der Waals surface area (Å²) in [5.74, 6) is -0.0285. The van der Waals surface area contributed by atoms with Crippen LogP contribution in [-0.2, 0) is 6.54 Å². The van der Waals surface area contributed by atoms with E-state index >= 15 is 0 Å². The highest BCUT2D eigenvalue weighted by atomic mass is 16.2. The number of carbonyl (C=O) groups is 1. The van der Waals surface area contributed by atoms with E-state index in [0.29, 0.717) is 30.0 Å². The van der Waals surface area contributed by atoms with Crippen molar-refractivity contribution in [2.45, 2.75) is 20.4 Å². The number of amides is 1. The molecular weight excluding hydrogens is 380 g/mol. The third-order valence-electron chi connectivity index (χ3n) is 4.77. The minimum absolute atomic E-state index is 0.0285. The van der Waals surface area contributed by atoms with Gasteiger partial charge in [-0.15, -0.1) is 0 Å². The first kappa shape index (κ1) is 21.4. The number of rotatable bonds is 7. The molecule has 0 aliphatic carbocycles. The highest BCUT2D eigenvalue weighted by molar-refractivity contribution is 5.94. The van der Waals surface area contributed by atoms with Crippen molar-refractivity contribution in [1.29, 1.82) is 0 Å². The van der Waals surface area contributed by atoms with E-state index in [1.165, 1.54) is 4.68 Å². The van der Waals surface area contributed by atoms with Gasteiger partial charge in [0.15, 0.2) is 5.69 Å². The van der Waals surface area contributed by atoms with Gasteiger partial charge in [-0.1, -0.05) is 11.6 Å². The second-order valence-corrected chi connectivity index (χ2v) is 7.84. The van der Waals surface area contributed by atoms with E-state index in [1.807, 2.05) is 51.1 Å². The van der Waals surface area contributed by atoms with Crippen molar-refractivity contribution >= 4 is 5.91 Å². The summed E-state index contributed by atoms with van der Waals surface area (Å²) in [6.07, 6.45) is 3.71. The molecule has 2 aliphatic heterocycles. The topological polar surface area (TPSA) is 76.3 Å². The lowest BCUT2D eigenvalue weighted by atomic mass is 10.2. The van der Waals surface area contributed by atoms with Crippen LogP contribution in [0, 0.1) is 0 Å². The summed E-state index contributed by atoms with van der Waals surface area (Å²) in [5, 5.41) is 8.79. The molecule has 1 amide bonds. The molecule has 3 rings (SSSR count). The maximum atomic E-state index is 12.6. The molecular formula is C22H28N6O2. The van der Waals surface area contributed by atoms with Crippen molar-refractivity contribution < 1.29 is 4.79 Å². The molecule has 0 spiro atoms. The molecule has 1 aromatic carbocycles. The van der Waals surface area contributed by atoms with Crippen LogP contribution in [-0.4, -0.2) is 69.5 Å². The number of benzene rings is 1. The van der Waals surface area contributed by atoms with E-state index in [0.717, 1.165) is 17.8 Å². The number of aromatic nitrogens is 4. The van der Waals surface area contributed by atoms with Gasteiger partial charge in [0, 0.05) is 31.9 Å². The first-order valence-corrected chi connectivity index (χ1v) is 9.87. The number of allylic oxidation sites excluding steroid dienone is 2. The van der Waals surface area contributed by atoms with Crippen LogP contribution < -0.4 is 5.56 Å². The van der Waals surface area contributed by atoms with Gasteiger partial charge in [-0.05, 0) is 58.3 Å². The minimum Gasteiger partial charge on any atom is -0.340 e. The molecule has 0 N–H and O–H groups in total. The zero-order chi connectivity index (χ0) is 21.8. The summed E-state index contributed by atoms with van der Waals surface area (Å²) in [6, 6.07) is 8.98. The second-order valence-electron chi connectivity index (χ2n) is 7.84. The van der Waals surface area contributed by atoms with Crippen molar-refractivity contribution in [3.63, 3.8) is 0 Å². The van der Waals surface area contributed by atoms with Gasteiger partial charge >= 0.3 is 0 Å². The van der Waals surface area contributed by atoms with Crippen LogP contribution in [0.25, 0.3) is 17.1 Å². The zero-order valence-corrected chi connectivity index (χ0v) is 18.2. The first-order valence-electron chi connectivity index (χ1n) is 9.87. The number of fused-ring (bicyclic) bond motifs is 1. The van der Waals surface area contributed by atoms with Gasteiger partial charge < -0.3 is 9.80 Å². The fourth-order valence-corrected chi connectivity index (χ4v) is 2.91. The Morgan fingerprint density at radius 3 is 2.37 bits per heavy atom. The molecule has 8 nitrogen and oxygen atoms in total. The maximum Gasteiger partial charge on any atom is 0.297 e. The molecule has 0 saturated carbocycles. The molecule has 1 aromatic rings. The molecule has 0 saturated heterocycles. The van der Waals surface area contributed by atoms with Crippen LogP contribution in [0.5, 0.6) is 0 Å². The smallest absolute Gasteiger partial charge is 0.297 e. The Morgan fingerprint density at radius 1 is 1.03 bits per heavy atom. The summed E-state index contributed by atoms with van der Waals surface area (Å²) in [5.41, 5.74) is 3.17. The quantitative estimate of drug-likeness (QED) is 0.560. The molecule has 0 bridgehead atoms. The van der Waals surface area contributed by atoms with E-state index in [4.69, 9.17) is 0 Å². The van der Waals surface area contributed by atoms with Gasteiger partial charge in [0.1, 0.15) is 5.69 Å². The van der Waals surface area contributed by atoms with E-state index in [1.54, 1.807) is 41.0 Å². The summed E-state index contributed by atoms with van der Waals surface area (Å²) in [6.45, 7) is 5.85. The highest BCUT2D eigenvalue weighted by Gasteiger charge is 2.17. The Kier molecular flexibility index (Phi) is 6.47. The summed E-state index contributed by atoms with van der Waals surface area (Å²) in [4.78, 5) is 28.9. The average molecular weight is 409 g/mol. The van der Waals surface area contributed by atoms with Crippen molar-refractivity contribution in [3.8, 4) is 17.1 Å². The fraction of sp³-hybridized carbons (Fsp3) is 0.364. The van der Waals surface area contributed by atoms with Crippen LogP contribution in [0.4, 0.5) is 0 Å². The molecule has 0 atom stereocenters. The number of hydrogen-bond acceptors (Lipinski definition) is 5. The van der Waals surface area contributed by atoms with Crippen LogP contribution in [0.2, 0.25) is 0 Å². The monoisotopic (exact) mass is 408 g/mol. The first-order chi connectivity index (χ1) is 14.3. The third kappa shape index (κ3) is 4.83. The summed E-state index contributed by atoms with van der Waals surface area (Å²) in [7, 11) is 5.76. The lowest BCUT2D eigenvalue weighted by molar-refractivity contribution is 0.0786. The predicted octanol–water partition coefficient (Wildman–Crippen LogP) is 2.13. The van der Waals surface area contributed by atoms with Gasteiger partial charge in [0.25, 0.3) is 11.5 Å². The molecule has 30 heavy (non-hydrogen) atoms. The average Bonchev–Trinajstić information content (AvgIpc) is 3.05. The Bertz CT molecular complexity index is 1070. The molecule has 0 aromatic heterocycles. The van der Waals surface area contributed by atoms with Crippen molar-refractivity contribution in [1.82, 2.24) is 29.4 Å². The number of hydrogen-bond donors (Lipinski definition) is 0. The van der Waals surface area contributed by atoms with E-state index in [9.17, 15) is 9.59 Å². The minimum atomic E-state index is -0.217. The second kappa shape index (κ2) is 9.04. The van der Waals surface area contributed by atoms with Gasteiger partial charge in [-0.3, -0.25) is 9.59 Å². The molecule has 0 unspecified atom stereocenters. The Labute approximate surface area is 176 Å². The van der Waals surface area contributed by atoms with Crippen LogP contribution in [0.1, 0.15) is 24.2 Å². The summed E-state index contributed by atoms with van der Waals surface area (Å²) < 4.78 is 3.04. The SMILES string of the molecule is CC(C)=CCn1nc2ccn(-c3ccc(C(=O)N(C)CCN(C)C)cc3)nc-2c1=O. The van der Waals surface area contributed by atoms with E-state index in [-0.39, 0.29) is 11.5 Å².